The summed E-state index contributed by atoms with van der Waals surface area (Å²) in [6, 6.07) is 2.48. The van der Waals surface area contributed by atoms with Crippen LogP contribution in [0.4, 0.5) is 0 Å². The number of ether oxygens (including phenoxy) is 1. The van der Waals surface area contributed by atoms with E-state index in [9.17, 15) is 15.0 Å². The van der Waals surface area contributed by atoms with Crippen LogP contribution in [0.5, 0.6) is 17.2 Å². The van der Waals surface area contributed by atoms with Gasteiger partial charge in [0.25, 0.3) is 0 Å². The van der Waals surface area contributed by atoms with E-state index in [0.717, 1.165) is 6.07 Å². The van der Waals surface area contributed by atoms with Gasteiger partial charge in [0, 0.05) is 12.1 Å². The molecule has 2 N–H and O–H groups in total. The molecule has 1 aliphatic heterocycles. The summed E-state index contributed by atoms with van der Waals surface area (Å²) in [5.74, 6) is -0.521. The van der Waals surface area contributed by atoms with E-state index < -0.39 is 0 Å². The van der Waals surface area contributed by atoms with Gasteiger partial charge >= 0.3 is 0 Å². The molecule has 1 aromatic carbocycles. The number of benzene rings is 1. The number of phenols is 2. The van der Waals surface area contributed by atoms with Crippen molar-refractivity contribution in [3.05, 3.63) is 17.7 Å². The SMILES string of the molecule is C[C@H]1Oc2cc(O)cc(O)c2C(=O)[C@@H]1C. The summed E-state index contributed by atoms with van der Waals surface area (Å²) in [5.41, 5.74) is 0.165. The summed E-state index contributed by atoms with van der Waals surface area (Å²) in [5, 5.41) is 18.8. The highest BCUT2D eigenvalue weighted by molar-refractivity contribution is 6.04. The van der Waals surface area contributed by atoms with Crippen LogP contribution in [0, 0.1) is 5.92 Å². The number of aromatic hydroxyl groups is 2. The standard InChI is InChI=1S/C11H12O4/c1-5-6(2)15-9-4-7(12)3-8(13)10(9)11(5)14/h3-6,12-13H,1-2H3/t5-,6-/m1/s1. The van der Waals surface area contributed by atoms with E-state index in [1.807, 2.05) is 0 Å². The van der Waals surface area contributed by atoms with Gasteiger partial charge in [-0.2, -0.15) is 0 Å². The van der Waals surface area contributed by atoms with Gasteiger partial charge in [-0.25, -0.2) is 0 Å². The number of carbonyl (C=O) groups is 1. The molecular formula is C11H12O4. The van der Waals surface area contributed by atoms with Crippen LogP contribution in [0.15, 0.2) is 12.1 Å². The lowest BCUT2D eigenvalue weighted by molar-refractivity contribution is 0.0724. The molecule has 2 rings (SSSR count). The van der Waals surface area contributed by atoms with Gasteiger partial charge in [-0.15, -0.1) is 0 Å². The molecule has 0 aliphatic carbocycles. The number of fused-ring (bicyclic) bond motifs is 1. The van der Waals surface area contributed by atoms with Crippen molar-refractivity contribution in [2.75, 3.05) is 0 Å². The maximum Gasteiger partial charge on any atom is 0.176 e. The predicted octanol–water partition coefficient (Wildman–Crippen LogP) is 1.70. The Morgan fingerprint density at radius 2 is 1.93 bits per heavy atom. The first-order valence-corrected chi connectivity index (χ1v) is 4.77. The highest BCUT2D eigenvalue weighted by Gasteiger charge is 2.33. The first kappa shape index (κ1) is 9.83. The molecule has 4 nitrogen and oxygen atoms in total. The molecule has 0 spiro atoms. The van der Waals surface area contributed by atoms with Crippen LogP contribution in [0.3, 0.4) is 0 Å². The topological polar surface area (TPSA) is 66.8 Å². The van der Waals surface area contributed by atoms with E-state index in [0.29, 0.717) is 0 Å². The van der Waals surface area contributed by atoms with Gasteiger partial charge in [-0.05, 0) is 6.92 Å². The minimum absolute atomic E-state index is 0.110. The lowest BCUT2D eigenvalue weighted by Gasteiger charge is -2.28. The third-order valence-corrected chi connectivity index (χ3v) is 2.74. The summed E-state index contributed by atoms with van der Waals surface area (Å²) < 4.78 is 5.44. The highest BCUT2D eigenvalue weighted by Crippen LogP contribution is 2.39. The Hall–Kier alpha value is -1.71. The molecular weight excluding hydrogens is 196 g/mol. The second kappa shape index (κ2) is 3.15. The zero-order valence-electron chi connectivity index (χ0n) is 8.52. The van der Waals surface area contributed by atoms with Gasteiger partial charge in [-0.3, -0.25) is 4.79 Å². The van der Waals surface area contributed by atoms with Crippen molar-refractivity contribution in [2.45, 2.75) is 20.0 Å². The van der Waals surface area contributed by atoms with Crippen LogP contribution >= 0.6 is 0 Å². The Balaban J connectivity index is 2.60. The summed E-state index contributed by atoms with van der Waals surface area (Å²) in [6.45, 7) is 3.54. The molecule has 0 fully saturated rings. The van der Waals surface area contributed by atoms with E-state index in [4.69, 9.17) is 4.74 Å². The maximum atomic E-state index is 11.8. The molecule has 0 saturated heterocycles. The fraction of sp³-hybridized carbons (Fsp3) is 0.364. The number of phenolic OH excluding ortho intramolecular Hbond substituents is 2. The molecule has 15 heavy (non-hydrogen) atoms. The van der Waals surface area contributed by atoms with Gasteiger partial charge in [0.1, 0.15) is 28.9 Å². The second-order valence-corrected chi connectivity index (χ2v) is 3.81. The van der Waals surface area contributed by atoms with Crippen LogP contribution in [0.25, 0.3) is 0 Å². The fourth-order valence-electron chi connectivity index (χ4n) is 1.67. The smallest absolute Gasteiger partial charge is 0.176 e. The van der Waals surface area contributed by atoms with Crippen molar-refractivity contribution in [1.29, 1.82) is 0 Å². The van der Waals surface area contributed by atoms with E-state index in [1.54, 1.807) is 13.8 Å². The third-order valence-electron chi connectivity index (χ3n) is 2.74. The number of carbonyl (C=O) groups excluding carboxylic acids is 1. The molecule has 80 valence electrons. The number of Topliss-reactive ketones (excluding diaryl/α,β-unsaturated/α-hetero) is 1. The molecule has 0 amide bonds. The van der Waals surface area contributed by atoms with E-state index in [1.165, 1.54) is 6.07 Å². The zero-order valence-corrected chi connectivity index (χ0v) is 8.52. The molecule has 2 atom stereocenters. The van der Waals surface area contributed by atoms with Crippen LogP contribution < -0.4 is 4.74 Å². The normalized spacial score (nSPS) is 24.5. The van der Waals surface area contributed by atoms with Crippen molar-refractivity contribution in [3.63, 3.8) is 0 Å². The van der Waals surface area contributed by atoms with Crippen LogP contribution in [0.1, 0.15) is 24.2 Å². The zero-order chi connectivity index (χ0) is 11.2. The lowest BCUT2D eigenvalue weighted by Crippen LogP contribution is -2.33. The predicted molar refractivity (Wildman–Crippen MR) is 53.4 cm³/mol. The molecule has 0 saturated carbocycles. The molecule has 1 aromatic rings. The molecule has 0 unspecified atom stereocenters. The Labute approximate surface area is 87.1 Å². The summed E-state index contributed by atoms with van der Waals surface area (Å²) in [7, 11) is 0. The third kappa shape index (κ3) is 1.42. The number of rotatable bonds is 0. The Kier molecular flexibility index (Phi) is 2.07. The van der Waals surface area contributed by atoms with E-state index in [-0.39, 0.29) is 40.6 Å². The van der Waals surface area contributed by atoms with Gasteiger partial charge in [0.2, 0.25) is 0 Å². The monoisotopic (exact) mass is 208 g/mol. The van der Waals surface area contributed by atoms with E-state index >= 15 is 0 Å². The number of ketones is 1. The number of hydrogen-bond donors (Lipinski definition) is 2. The second-order valence-electron chi connectivity index (χ2n) is 3.81. The summed E-state index contributed by atoms with van der Waals surface area (Å²) >= 11 is 0. The van der Waals surface area contributed by atoms with Crippen molar-refractivity contribution in [3.8, 4) is 17.2 Å². The van der Waals surface area contributed by atoms with E-state index in [2.05, 4.69) is 0 Å². The molecule has 1 heterocycles. The Morgan fingerprint density at radius 1 is 1.27 bits per heavy atom. The minimum atomic E-state index is -0.284. The van der Waals surface area contributed by atoms with Crippen LogP contribution in [-0.4, -0.2) is 22.1 Å². The minimum Gasteiger partial charge on any atom is -0.508 e. The summed E-state index contributed by atoms with van der Waals surface area (Å²) in [4.78, 5) is 11.8. The van der Waals surface area contributed by atoms with Gasteiger partial charge in [-0.1, -0.05) is 6.92 Å². The first-order chi connectivity index (χ1) is 7.00. The average molecular weight is 208 g/mol. The molecule has 1 aliphatic rings. The first-order valence-electron chi connectivity index (χ1n) is 4.77. The summed E-state index contributed by atoms with van der Waals surface area (Å²) in [6.07, 6.45) is -0.244. The van der Waals surface area contributed by atoms with Gasteiger partial charge in [0.05, 0.1) is 5.92 Å². The Bertz CT molecular complexity index is 425. The quantitative estimate of drug-likeness (QED) is 0.681. The van der Waals surface area contributed by atoms with Crippen molar-refractivity contribution in [2.24, 2.45) is 5.92 Å². The maximum absolute atomic E-state index is 11.8. The molecule has 0 radical (unpaired) electrons. The van der Waals surface area contributed by atoms with Crippen molar-refractivity contribution in [1.82, 2.24) is 0 Å². The van der Waals surface area contributed by atoms with Crippen molar-refractivity contribution < 1.29 is 19.7 Å². The van der Waals surface area contributed by atoms with Crippen LogP contribution in [-0.2, 0) is 0 Å². The molecule has 4 heteroatoms. The Morgan fingerprint density at radius 3 is 2.60 bits per heavy atom. The average Bonchev–Trinajstić information content (AvgIpc) is 2.13. The lowest BCUT2D eigenvalue weighted by atomic mass is 9.91. The van der Waals surface area contributed by atoms with Crippen LogP contribution in [0.2, 0.25) is 0 Å². The van der Waals surface area contributed by atoms with Crippen molar-refractivity contribution >= 4 is 5.78 Å². The highest BCUT2D eigenvalue weighted by atomic mass is 16.5. The molecule has 0 aromatic heterocycles. The fourth-order valence-corrected chi connectivity index (χ4v) is 1.67. The number of hydrogen-bond acceptors (Lipinski definition) is 4. The molecule has 0 bridgehead atoms. The van der Waals surface area contributed by atoms with Gasteiger partial charge < -0.3 is 14.9 Å². The van der Waals surface area contributed by atoms with Gasteiger partial charge in [0.15, 0.2) is 5.78 Å². The largest absolute Gasteiger partial charge is 0.508 e.